The highest BCUT2D eigenvalue weighted by Gasteiger charge is 2.23. The summed E-state index contributed by atoms with van der Waals surface area (Å²) in [5, 5.41) is 10.7. The number of nitrogens with one attached hydrogen (secondary N) is 1. The van der Waals surface area contributed by atoms with Crippen LogP contribution in [0.2, 0.25) is 0 Å². The van der Waals surface area contributed by atoms with E-state index in [0.29, 0.717) is 24.8 Å². The van der Waals surface area contributed by atoms with E-state index < -0.39 is 17.2 Å². The molecule has 0 bridgehead atoms. The van der Waals surface area contributed by atoms with Gasteiger partial charge in [0.1, 0.15) is 0 Å². The summed E-state index contributed by atoms with van der Waals surface area (Å²) in [6, 6.07) is 9.26. The third-order valence-electron chi connectivity index (χ3n) is 6.16. The van der Waals surface area contributed by atoms with E-state index in [0.717, 1.165) is 9.25 Å². The van der Waals surface area contributed by atoms with Gasteiger partial charge in [0.2, 0.25) is 5.82 Å². The Morgan fingerprint density at radius 2 is 1.91 bits per heavy atom. The van der Waals surface area contributed by atoms with E-state index >= 15 is 0 Å². The molecule has 1 fully saturated rings. The maximum Gasteiger partial charge on any atom is 0.352 e. The average Bonchev–Trinajstić information content (AvgIpc) is 3.35. The standard InChI is InChI=1S/C23H29N7O4/c1-3-29-22(32)18(26-30(23(29)33)17-12-8-5-9-13-17)19-25-21(34-27-19)20(31)24-14-15-28(2)16-10-6-4-7-11-16/h5,8-9,12-13,16H,3-4,6-7,10-11,14-15H2,1-2H3,(H,24,31). The zero-order valence-electron chi connectivity index (χ0n) is 19.4. The maximum absolute atomic E-state index is 12.8. The lowest BCUT2D eigenvalue weighted by Gasteiger charge is -2.31. The second-order valence-electron chi connectivity index (χ2n) is 8.38. The van der Waals surface area contributed by atoms with E-state index in [1.807, 2.05) is 6.07 Å². The van der Waals surface area contributed by atoms with Gasteiger partial charge in [0, 0.05) is 25.7 Å². The van der Waals surface area contributed by atoms with E-state index in [9.17, 15) is 14.4 Å². The number of amides is 1. The topological polar surface area (TPSA) is 128 Å². The predicted molar refractivity (Wildman–Crippen MR) is 125 cm³/mol. The molecule has 180 valence electrons. The van der Waals surface area contributed by atoms with Gasteiger partial charge in [-0.05, 0) is 38.9 Å². The van der Waals surface area contributed by atoms with Crippen LogP contribution < -0.4 is 16.6 Å². The van der Waals surface area contributed by atoms with Gasteiger partial charge in [-0.3, -0.25) is 14.2 Å². The summed E-state index contributed by atoms with van der Waals surface area (Å²) in [4.78, 5) is 44.4. The minimum atomic E-state index is -0.651. The molecule has 3 aromatic rings. The fraction of sp³-hybridized carbons (Fsp3) is 0.478. The molecule has 0 aliphatic heterocycles. The smallest absolute Gasteiger partial charge is 0.347 e. The highest BCUT2D eigenvalue weighted by molar-refractivity contribution is 5.89. The van der Waals surface area contributed by atoms with Crippen LogP contribution in [0.1, 0.15) is 49.7 Å². The first kappa shape index (κ1) is 23.6. The summed E-state index contributed by atoms with van der Waals surface area (Å²) in [6.07, 6.45) is 6.16. The monoisotopic (exact) mass is 467 g/mol. The number of hydrogen-bond acceptors (Lipinski definition) is 8. The molecule has 1 aliphatic carbocycles. The van der Waals surface area contributed by atoms with Crippen LogP contribution in [-0.2, 0) is 6.54 Å². The molecule has 1 N–H and O–H groups in total. The first-order valence-corrected chi connectivity index (χ1v) is 11.6. The van der Waals surface area contributed by atoms with E-state index in [-0.39, 0.29) is 24.0 Å². The first-order valence-electron chi connectivity index (χ1n) is 11.6. The molecule has 34 heavy (non-hydrogen) atoms. The largest absolute Gasteiger partial charge is 0.352 e. The lowest BCUT2D eigenvalue weighted by Crippen LogP contribution is -2.41. The van der Waals surface area contributed by atoms with Crippen LogP contribution >= 0.6 is 0 Å². The van der Waals surface area contributed by atoms with Crippen LogP contribution in [0.15, 0.2) is 44.4 Å². The maximum atomic E-state index is 12.8. The minimum Gasteiger partial charge on any atom is -0.347 e. The summed E-state index contributed by atoms with van der Waals surface area (Å²) < 4.78 is 7.24. The number of aromatic nitrogens is 5. The number of benzene rings is 1. The Labute approximate surface area is 196 Å². The summed E-state index contributed by atoms with van der Waals surface area (Å²) in [5.74, 6) is -0.943. The van der Waals surface area contributed by atoms with Crippen LogP contribution in [0.5, 0.6) is 0 Å². The van der Waals surface area contributed by atoms with Gasteiger partial charge in [-0.1, -0.05) is 42.6 Å². The Morgan fingerprint density at radius 1 is 1.18 bits per heavy atom. The second kappa shape index (κ2) is 10.6. The third-order valence-corrected chi connectivity index (χ3v) is 6.16. The van der Waals surface area contributed by atoms with Crippen molar-refractivity contribution in [1.29, 1.82) is 0 Å². The number of nitrogens with zero attached hydrogens (tertiary/aromatic N) is 6. The molecular weight excluding hydrogens is 438 g/mol. The van der Waals surface area contributed by atoms with E-state index in [2.05, 4.69) is 32.5 Å². The Bertz CT molecular complexity index is 1240. The van der Waals surface area contributed by atoms with Crippen molar-refractivity contribution < 1.29 is 9.32 Å². The van der Waals surface area contributed by atoms with Crippen LogP contribution in [0.3, 0.4) is 0 Å². The Morgan fingerprint density at radius 3 is 2.62 bits per heavy atom. The molecule has 11 nitrogen and oxygen atoms in total. The molecule has 11 heteroatoms. The third kappa shape index (κ3) is 4.98. The van der Waals surface area contributed by atoms with Gasteiger partial charge in [-0.15, -0.1) is 0 Å². The highest BCUT2D eigenvalue weighted by Crippen LogP contribution is 2.21. The summed E-state index contributed by atoms with van der Waals surface area (Å²) in [6.45, 7) is 2.96. The number of carbonyl (C=O) groups is 1. The molecule has 4 rings (SSSR count). The average molecular weight is 468 g/mol. The van der Waals surface area contributed by atoms with Gasteiger partial charge in [0.25, 0.3) is 5.56 Å². The van der Waals surface area contributed by atoms with Crippen LogP contribution in [0, 0.1) is 0 Å². The number of para-hydroxylation sites is 1. The summed E-state index contributed by atoms with van der Waals surface area (Å²) in [5.41, 5.74) is -0.919. The Hall–Kier alpha value is -3.60. The van der Waals surface area contributed by atoms with Crippen molar-refractivity contribution in [2.45, 2.75) is 51.6 Å². The molecule has 2 aromatic heterocycles. The molecule has 0 radical (unpaired) electrons. The predicted octanol–water partition coefficient (Wildman–Crippen LogP) is 1.46. The lowest BCUT2D eigenvalue weighted by molar-refractivity contribution is 0.0901. The molecule has 0 atom stereocenters. The molecule has 1 amide bonds. The van der Waals surface area contributed by atoms with Crippen molar-refractivity contribution in [3.63, 3.8) is 0 Å². The van der Waals surface area contributed by atoms with Crippen molar-refractivity contribution >= 4 is 5.91 Å². The molecule has 2 heterocycles. The summed E-state index contributed by atoms with van der Waals surface area (Å²) >= 11 is 0. The fourth-order valence-electron chi connectivity index (χ4n) is 4.21. The molecule has 0 saturated heterocycles. The van der Waals surface area contributed by atoms with Gasteiger partial charge < -0.3 is 14.7 Å². The zero-order chi connectivity index (χ0) is 24.1. The highest BCUT2D eigenvalue weighted by atomic mass is 16.5. The van der Waals surface area contributed by atoms with E-state index in [4.69, 9.17) is 4.52 Å². The van der Waals surface area contributed by atoms with Crippen LogP contribution in [0.25, 0.3) is 17.2 Å². The zero-order valence-corrected chi connectivity index (χ0v) is 19.4. The lowest BCUT2D eigenvalue weighted by atomic mass is 9.94. The van der Waals surface area contributed by atoms with Crippen molar-refractivity contribution in [3.8, 4) is 17.2 Å². The Balaban J connectivity index is 1.50. The molecular formula is C23H29N7O4. The van der Waals surface area contributed by atoms with Crippen molar-refractivity contribution in [2.75, 3.05) is 20.1 Å². The van der Waals surface area contributed by atoms with Gasteiger partial charge in [0.15, 0.2) is 5.69 Å². The molecule has 1 aliphatic rings. The number of carbonyl (C=O) groups excluding carboxylic acids is 1. The second-order valence-corrected chi connectivity index (χ2v) is 8.38. The van der Waals surface area contributed by atoms with E-state index in [1.54, 1.807) is 31.2 Å². The van der Waals surface area contributed by atoms with E-state index in [1.165, 1.54) is 32.1 Å². The molecule has 0 unspecified atom stereocenters. The Kier molecular flexibility index (Phi) is 7.31. The number of hydrogen-bond donors (Lipinski definition) is 1. The van der Waals surface area contributed by atoms with Gasteiger partial charge in [-0.2, -0.15) is 14.8 Å². The minimum absolute atomic E-state index is 0.139. The van der Waals surface area contributed by atoms with Gasteiger partial charge >= 0.3 is 17.5 Å². The van der Waals surface area contributed by atoms with Crippen LogP contribution in [-0.4, -0.2) is 61.5 Å². The van der Waals surface area contributed by atoms with Crippen molar-refractivity contribution in [3.05, 3.63) is 57.1 Å². The number of rotatable bonds is 8. The van der Waals surface area contributed by atoms with Crippen molar-refractivity contribution in [2.24, 2.45) is 0 Å². The first-order chi connectivity index (χ1) is 16.5. The normalized spacial score (nSPS) is 14.4. The molecule has 1 saturated carbocycles. The number of likely N-dealkylation sites (N-methyl/N-ethyl adjacent to an activating group) is 1. The van der Waals surface area contributed by atoms with Gasteiger partial charge in [-0.25, -0.2) is 4.79 Å². The summed E-state index contributed by atoms with van der Waals surface area (Å²) in [7, 11) is 2.07. The molecule has 0 spiro atoms. The van der Waals surface area contributed by atoms with Crippen LogP contribution in [0.4, 0.5) is 0 Å². The van der Waals surface area contributed by atoms with Crippen molar-refractivity contribution in [1.82, 2.24) is 34.7 Å². The van der Waals surface area contributed by atoms with Gasteiger partial charge in [0.05, 0.1) is 5.69 Å². The fourth-order valence-corrected chi connectivity index (χ4v) is 4.21. The SMILES string of the molecule is CCn1c(=O)c(-c2noc(C(=O)NCCN(C)C3CCCCC3)n2)nn(-c2ccccc2)c1=O. The quantitative estimate of drug-likeness (QED) is 0.527. The molecule has 1 aromatic carbocycles.